The first-order valence-corrected chi connectivity index (χ1v) is 4.59. The number of nitrogen functional groups attached to an aromatic ring is 1. The molecule has 0 bridgehead atoms. The molecule has 14 heavy (non-hydrogen) atoms. The predicted molar refractivity (Wildman–Crippen MR) is 55.8 cm³/mol. The van der Waals surface area contributed by atoms with E-state index < -0.39 is 11.7 Å². The zero-order valence-corrected chi connectivity index (χ0v) is 8.85. The summed E-state index contributed by atoms with van der Waals surface area (Å²) in [5.41, 5.74) is 9.58. The molecule has 1 rings (SSSR count). The molecular formula is C9H13ClFN3. The molecule has 5 heteroatoms. The lowest BCUT2D eigenvalue weighted by molar-refractivity contribution is 0.158. The fraction of sp³-hybridized carbons (Fsp3) is 0.444. The SMILES string of the molecule is CC(N)C(C)(F)c1cc(Cl)cnc1N. The van der Waals surface area contributed by atoms with Crippen LogP contribution in [0.2, 0.25) is 5.02 Å². The lowest BCUT2D eigenvalue weighted by Crippen LogP contribution is -2.37. The van der Waals surface area contributed by atoms with Crippen molar-refractivity contribution in [1.29, 1.82) is 0 Å². The third kappa shape index (κ3) is 1.96. The number of anilines is 1. The lowest BCUT2D eigenvalue weighted by Gasteiger charge is -2.25. The van der Waals surface area contributed by atoms with Gasteiger partial charge in [0, 0.05) is 17.8 Å². The number of hydrogen-bond acceptors (Lipinski definition) is 3. The van der Waals surface area contributed by atoms with Crippen molar-refractivity contribution in [2.75, 3.05) is 5.73 Å². The second-order valence-corrected chi connectivity index (χ2v) is 3.89. The normalized spacial score (nSPS) is 17.5. The van der Waals surface area contributed by atoms with E-state index in [2.05, 4.69) is 4.98 Å². The van der Waals surface area contributed by atoms with Crippen molar-refractivity contribution in [3.8, 4) is 0 Å². The van der Waals surface area contributed by atoms with Crippen LogP contribution in [-0.4, -0.2) is 11.0 Å². The summed E-state index contributed by atoms with van der Waals surface area (Å²) >= 11 is 5.70. The summed E-state index contributed by atoms with van der Waals surface area (Å²) in [6.07, 6.45) is 1.37. The molecule has 78 valence electrons. The minimum atomic E-state index is -1.72. The Kier molecular flexibility index (Phi) is 2.97. The van der Waals surface area contributed by atoms with Crippen molar-refractivity contribution >= 4 is 17.4 Å². The van der Waals surface area contributed by atoms with Gasteiger partial charge in [0.15, 0.2) is 5.67 Å². The van der Waals surface area contributed by atoms with Crippen LogP contribution in [0.1, 0.15) is 19.4 Å². The summed E-state index contributed by atoms with van der Waals surface area (Å²) in [4.78, 5) is 3.78. The Balaban J connectivity index is 3.24. The van der Waals surface area contributed by atoms with Crippen molar-refractivity contribution in [2.24, 2.45) is 5.73 Å². The van der Waals surface area contributed by atoms with Crippen LogP contribution in [0.5, 0.6) is 0 Å². The zero-order chi connectivity index (χ0) is 10.9. The minimum Gasteiger partial charge on any atom is -0.383 e. The molecule has 0 aromatic carbocycles. The molecule has 0 amide bonds. The van der Waals surface area contributed by atoms with E-state index in [0.29, 0.717) is 5.02 Å². The smallest absolute Gasteiger partial charge is 0.151 e. The molecule has 2 unspecified atom stereocenters. The molecule has 1 heterocycles. The average molecular weight is 218 g/mol. The Morgan fingerprint density at radius 3 is 2.71 bits per heavy atom. The van der Waals surface area contributed by atoms with E-state index in [9.17, 15) is 4.39 Å². The molecular weight excluding hydrogens is 205 g/mol. The summed E-state index contributed by atoms with van der Waals surface area (Å²) < 4.78 is 14.1. The topological polar surface area (TPSA) is 64.9 Å². The quantitative estimate of drug-likeness (QED) is 0.795. The zero-order valence-electron chi connectivity index (χ0n) is 8.09. The van der Waals surface area contributed by atoms with E-state index in [0.717, 1.165) is 0 Å². The molecule has 0 radical (unpaired) electrons. The highest BCUT2D eigenvalue weighted by Gasteiger charge is 2.33. The Labute approximate surface area is 87.3 Å². The van der Waals surface area contributed by atoms with Gasteiger partial charge in [-0.3, -0.25) is 0 Å². The summed E-state index contributed by atoms with van der Waals surface area (Å²) in [5.74, 6) is 0.122. The van der Waals surface area contributed by atoms with Crippen LogP contribution >= 0.6 is 11.6 Å². The lowest BCUT2D eigenvalue weighted by atomic mass is 9.92. The fourth-order valence-corrected chi connectivity index (χ4v) is 1.24. The molecule has 0 aliphatic heterocycles. The standard InChI is InChI=1S/C9H13ClFN3/c1-5(12)9(2,11)7-3-6(10)4-14-8(7)13/h3-5H,12H2,1-2H3,(H2,13,14). The maximum atomic E-state index is 14.1. The summed E-state index contributed by atoms with van der Waals surface area (Å²) in [6.45, 7) is 2.93. The van der Waals surface area contributed by atoms with Gasteiger partial charge < -0.3 is 11.5 Å². The van der Waals surface area contributed by atoms with Gasteiger partial charge in [-0.2, -0.15) is 0 Å². The number of nitrogens with two attached hydrogens (primary N) is 2. The van der Waals surface area contributed by atoms with Crippen LogP contribution < -0.4 is 11.5 Å². The number of halogens is 2. The van der Waals surface area contributed by atoms with Gasteiger partial charge in [0.25, 0.3) is 0 Å². The first-order chi connectivity index (χ1) is 6.35. The van der Waals surface area contributed by atoms with Gasteiger partial charge in [0.1, 0.15) is 5.82 Å². The van der Waals surface area contributed by atoms with Crippen molar-refractivity contribution in [1.82, 2.24) is 4.98 Å². The maximum Gasteiger partial charge on any atom is 0.151 e. The van der Waals surface area contributed by atoms with E-state index in [1.54, 1.807) is 6.92 Å². The van der Waals surface area contributed by atoms with E-state index >= 15 is 0 Å². The second-order valence-electron chi connectivity index (χ2n) is 3.45. The van der Waals surface area contributed by atoms with Crippen molar-refractivity contribution < 1.29 is 4.39 Å². The number of nitrogens with zero attached hydrogens (tertiary/aromatic N) is 1. The van der Waals surface area contributed by atoms with Crippen molar-refractivity contribution in [2.45, 2.75) is 25.6 Å². The maximum absolute atomic E-state index is 14.1. The molecule has 2 atom stereocenters. The third-order valence-corrected chi connectivity index (χ3v) is 2.47. The van der Waals surface area contributed by atoms with Gasteiger partial charge in [-0.05, 0) is 19.9 Å². The van der Waals surface area contributed by atoms with Gasteiger partial charge >= 0.3 is 0 Å². The van der Waals surface area contributed by atoms with Crippen molar-refractivity contribution in [3.05, 3.63) is 22.8 Å². The molecule has 0 saturated heterocycles. The molecule has 0 saturated carbocycles. The summed E-state index contributed by atoms with van der Waals surface area (Å²) in [5, 5.41) is 0.346. The second kappa shape index (κ2) is 3.71. The van der Waals surface area contributed by atoms with Crippen LogP contribution in [0.3, 0.4) is 0 Å². The highest BCUT2D eigenvalue weighted by atomic mass is 35.5. The third-order valence-electron chi connectivity index (χ3n) is 2.27. The molecule has 0 spiro atoms. The van der Waals surface area contributed by atoms with Gasteiger partial charge in [0.2, 0.25) is 0 Å². The first kappa shape index (κ1) is 11.2. The van der Waals surface area contributed by atoms with Crippen LogP contribution in [0.25, 0.3) is 0 Å². The molecule has 0 fully saturated rings. The van der Waals surface area contributed by atoms with E-state index in [-0.39, 0.29) is 11.4 Å². The van der Waals surface area contributed by atoms with Gasteiger partial charge in [-0.25, -0.2) is 9.37 Å². The Morgan fingerprint density at radius 2 is 2.21 bits per heavy atom. The summed E-state index contributed by atoms with van der Waals surface area (Å²) in [7, 11) is 0. The monoisotopic (exact) mass is 217 g/mol. The highest BCUT2D eigenvalue weighted by molar-refractivity contribution is 6.30. The minimum absolute atomic E-state index is 0.122. The van der Waals surface area contributed by atoms with Crippen LogP contribution in [0.4, 0.5) is 10.2 Å². The summed E-state index contributed by atoms with van der Waals surface area (Å²) in [6, 6.07) is 0.776. The van der Waals surface area contributed by atoms with Crippen LogP contribution in [-0.2, 0) is 5.67 Å². The number of pyridine rings is 1. The average Bonchev–Trinajstić information content (AvgIpc) is 2.08. The number of rotatable bonds is 2. The van der Waals surface area contributed by atoms with Gasteiger partial charge in [-0.1, -0.05) is 11.6 Å². The van der Waals surface area contributed by atoms with E-state index in [1.165, 1.54) is 19.2 Å². The highest BCUT2D eigenvalue weighted by Crippen LogP contribution is 2.32. The Hall–Kier alpha value is -0.870. The molecule has 0 aliphatic rings. The molecule has 3 nitrogen and oxygen atoms in total. The van der Waals surface area contributed by atoms with Crippen LogP contribution in [0, 0.1) is 0 Å². The van der Waals surface area contributed by atoms with E-state index in [4.69, 9.17) is 23.1 Å². The molecule has 0 aliphatic carbocycles. The van der Waals surface area contributed by atoms with Gasteiger partial charge in [-0.15, -0.1) is 0 Å². The van der Waals surface area contributed by atoms with Crippen LogP contribution in [0.15, 0.2) is 12.3 Å². The predicted octanol–water partition coefficient (Wildman–Crippen LogP) is 1.85. The fourth-order valence-electron chi connectivity index (χ4n) is 1.09. The van der Waals surface area contributed by atoms with Gasteiger partial charge in [0.05, 0.1) is 5.02 Å². The molecule has 1 aromatic heterocycles. The molecule has 4 N–H and O–H groups in total. The largest absolute Gasteiger partial charge is 0.383 e. The number of alkyl halides is 1. The molecule has 1 aromatic rings. The van der Waals surface area contributed by atoms with Crippen molar-refractivity contribution in [3.63, 3.8) is 0 Å². The Bertz CT molecular complexity index is 339. The number of hydrogen-bond donors (Lipinski definition) is 2. The Morgan fingerprint density at radius 1 is 1.64 bits per heavy atom. The first-order valence-electron chi connectivity index (χ1n) is 4.21. The number of aromatic nitrogens is 1. The van der Waals surface area contributed by atoms with E-state index in [1.807, 2.05) is 0 Å².